The van der Waals surface area contributed by atoms with Gasteiger partial charge in [-0.25, -0.2) is 4.52 Å². The zero-order valence-corrected chi connectivity index (χ0v) is 19.3. The first-order valence-electron chi connectivity index (χ1n) is 11.7. The van der Waals surface area contributed by atoms with E-state index in [9.17, 15) is 9.59 Å². The van der Waals surface area contributed by atoms with Crippen molar-refractivity contribution in [1.82, 2.24) is 19.1 Å². The van der Waals surface area contributed by atoms with Gasteiger partial charge in [-0.15, -0.1) is 0 Å². The lowest BCUT2D eigenvalue weighted by Gasteiger charge is -2.32. The molecule has 0 aliphatic carbocycles. The fourth-order valence-electron chi connectivity index (χ4n) is 4.63. The molecule has 2 aromatic heterocycles. The lowest BCUT2D eigenvalue weighted by atomic mass is 9.90. The Hall–Kier alpha value is -3.87. The van der Waals surface area contributed by atoms with Crippen LogP contribution in [0.2, 0.25) is 0 Å². The third-order valence-electron chi connectivity index (χ3n) is 6.63. The van der Waals surface area contributed by atoms with Crippen molar-refractivity contribution in [3.63, 3.8) is 0 Å². The van der Waals surface area contributed by atoms with E-state index in [0.717, 1.165) is 43.7 Å². The Morgan fingerprint density at radius 1 is 1.03 bits per heavy atom. The lowest BCUT2D eigenvalue weighted by molar-refractivity contribution is -0.133. The first-order valence-corrected chi connectivity index (χ1v) is 11.7. The minimum absolute atomic E-state index is 0.0143. The van der Waals surface area contributed by atoms with Crippen LogP contribution in [0.1, 0.15) is 18.4 Å². The number of hydrogen-bond donors (Lipinski definition) is 0. The van der Waals surface area contributed by atoms with E-state index in [1.807, 2.05) is 35.2 Å². The maximum Gasteiger partial charge on any atom is 0.277 e. The van der Waals surface area contributed by atoms with Gasteiger partial charge in [0, 0.05) is 31.0 Å². The Kier molecular flexibility index (Phi) is 6.16. The van der Waals surface area contributed by atoms with Gasteiger partial charge in [0.2, 0.25) is 5.91 Å². The van der Waals surface area contributed by atoms with Gasteiger partial charge in [0.15, 0.2) is 0 Å². The number of hydrogen-bond acceptors (Lipinski definition) is 4. The van der Waals surface area contributed by atoms with Gasteiger partial charge in [-0.3, -0.25) is 9.59 Å². The molecule has 5 rings (SSSR count). The summed E-state index contributed by atoms with van der Waals surface area (Å²) in [6, 6.07) is 19.8. The van der Waals surface area contributed by atoms with Crippen LogP contribution in [-0.2, 0) is 17.8 Å². The van der Waals surface area contributed by atoms with Crippen molar-refractivity contribution in [2.24, 2.45) is 5.92 Å². The van der Waals surface area contributed by atoms with Crippen LogP contribution < -0.4 is 10.3 Å². The molecule has 0 radical (unpaired) electrons. The average Bonchev–Trinajstić information content (AvgIpc) is 3.32. The molecule has 1 amide bonds. The summed E-state index contributed by atoms with van der Waals surface area (Å²) in [5, 5.41) is 4.52. The molecule has 2 aromatic carbocycles. The highest BCUT2D eigenvalue weighted by Crippen LogP contribution is 2.23. The van der Waals surface area contributed by atoms with E-state index in [2.05, 4.69) is 29.4 Å². The van der Waals surface area contributed by atoms with E-state index < -0.39 is 0 Å². The molecule has 0 unspecified atom stereocenters. The Labute approximate surface area is 198 Å². The first kappa shape index (κ1) is 21.9. The maximum absolute atomic E-state index is 13.1. The Bertz CT molecular complexity index is 1330. The van der Waals surface area contributed by atoms with Crippen LogP contribution in [0.25, 0.3) is 16.8 Å². The molecule has 1 aliphatic heterocycles. The van der Waals surface area contributed by atoms with Gasteiger partial charge in [-0.05, 0) is 61.1 Å². The third-order valence-corrected chi connectivity index (χ3v) is 6.63. The van der Waals surface area contributed by atoms with E-state index in [1.165, 1.54) is 10.1 Å². The van der Waals surface area contributed by atoms with E-state index in [-0.39, 0.29) is 18.0 Å². The second kappa shape index (κ2) is 9.55. The molecular formula is C27H28N4O3. The number of benzene rings is 2. The van der Waals surface area contributed by atoms with Crippen LogP contribution in [-0.4, -0.2) is 45.2 Å². The summed E-state index contributed by atoms with van der Waals surface area (Å²) in [5.41, 5.74) is 3.17. The van der Waals surface area contributed by atoms with Gasteiger partial charge in [0.25, 0.3) is 5.56 Å². The van der Waals surface area contributed by atoms with Gasteiger partial charge in [-0.2, -0.15) is 5.10 Å². The largest absolute Gasteiger partial charge is 0.497 e. The highest BCUT2D eigenvalue weighted by Gasteiger charge is 2.23. The normalized spacial score (nSPS) is 14.4. The van der Waals surface area contributed by atoms with Crippen LogP contribution in [0, 0.1) is 5.92 Å². The molecule has 0 saturated carbocycles. The number of carbonyl (C=O) groups excluding carboxylic acids is 1. The van der Waals surface area contributed by atoms with Gasteiger partial charge >= 0.3 is 0 Å². The molecule has 4 aromatic rings. The number of methoxy groups -OCH3 is 1. The zero-order valence-electron chi connectivity index (χ0n) is 19.3. The molecule has 0 bridgehead atoms. The van der Waals surface area contributed by atoms with E-state index in [1.54, 1.807) is 30.1 Å². The molecule has 34 heavy (non-hydrogen) atoms. The van der Waals surface area contributed by atoms with Crippen LogP contribution in [0.4, 0.5) is 0 Å². The Balaban J connectivity index is 1.25. The van der Waals surface area contributed by atoms with Gasteiger partial charge in [0.1, 0.15) is 17.8 Å². The van der Waals surface area contributed by atoms with Crippen LogP contribution in [0.3, 0.4) is 0 Å². The molecule has 1 aliphatic rings. The highest BCUT2D eigenvalue weighted by atomic mass is 16.5. The number of carbonyl (C=O) groups is 1. The summed E-state index contributed by atoms with van der Waals surface area (Å²) in [6.45, 7) is 1.52. The number of aromatic nitrogens is 3. The number of piperidine rings is 1. The predicted molar refractivity (Wildman–Crippen MR) is 131 cm³/mol. The van der Waals surface area contributed by atoms with Crippen molar-refractivity contribution in [2.45, 2.75) is 25.8 Å². The van der Waals surface area contributed by atoms with Crippen LogP contribution >= 0.6 is 0 Å². The van der Waals surface area contributed by atoms with Crippen molar-refractivity contribution >= 4 is 11.4 Å². The van der Waals surface area contributed by atoms with Gasteiger partial charge < -0.3 is 14.2 Å². The number of amides is 1. The maximum atomic E-state index is 13.1. The molecule has 174 valence electrons. The number of likely N-dealkylation sites (tertiary alicyclic amines) is 1. The second-order valence-electron chi connectivity index (χ2n) is 8.83. The quantitative estimate of drug-likeness (QED) is 0.444. The monoisotopic (exact) mass is 456 g/mol. The van der Waals surface area contributed by atoms with Gasteiger partial charge in [-0.1, -0.05) is 30.3 Å². The fourth-order valence-corrected chi connectivity index (χ4v) is 4.63. The van der Waals surface area contributed by atoms with E-state index in [0.29, 0.717) is 17.1 Å². The fraction of sp³-hybridized carbons (Fsp3) is 0.296. The summed E-state index contributed by atoms with van der Waals surface area (Å²) in [4.78, 5) is 27.9. The summed E-state index contributed by atoms with van der Waals surface area (Å²) >= 11 is 0. The summed E-state index contributed by atoms with van der Waals surface area (Å²) < 4.78 is 8.25. The van der Waals surface area contributed by atoms with Crippen molar-refractivity contribution in [2.75, 3.05) is 20.2 Å². The molecule has 7 nitrogen and oxygen atoms in total. The molecule has 0 atom stereocenters. The summed E-state index contributed by atoms with van der Waals surface area (Å²) in [7, 11) is 1.62. The molecule has 3 heterocycles. The lowest BCUT2D eigenvalue weighted by Crippen LogP contribution is -2.42. The SMILES string of the molecule is COc1ccc(-c2cc3c(=O)n(CC(=O)N4CCC(Cc5ccccc5)CC4)ccn3n2)cc1. The molecule has 1 saturated heterocycles. The predicted octanol–water partition coefficient (Wildman–Crippen LogP) is 3.65. The van der Waals surface area contributed by atoms with E-state index >= 15 is 0 Å². The van der Waals surface area contributed by atoms with Crippen molar-refractivity contribution < 1.29 is 9.53 Å². The molecule has 0 spiro atoms. The average molecular weight is 457 g/mol. The standard InChI is InChI=1S/C27H28N4O3/c1-34-23-9-7-22(8-10-23)24-18-25-27(33)30(15-16-31(25)28-24)19-26(32)29-13-11-21(12-14-29)17-20-5-3-2-4-6-20/h2-10,15-16,18,21H,11-14,17,19H2,1H3. The van der Waals surface area contributed by atoms with Crippen molar-refractivity contribution in [3.8, 4) is 17.0 Å². The smallest absolute Gasteiger partial charge is 0.277 e. The summed E-state index contributed by atoms with van der Waals surface area (Å²) in [6.07, 6.45) is 6.39. The minimum Gasteiger partial charge on any atom is -0.497 e. The van der Waals surface area contributed by atoms with Gasteiger partial charge in [0.05, 0.1) is 12.8 Å². The Morgan fingerprint density at radius 3 is 2.47 bits per heavy atom. The molecule has 7 heteroatoms. The minimum atomic E-state index is -0.220. The number of nitrogens with zero attached hydrogens (tertiary/aromatic N) is 4. The Morgan fingerprint density at radius 2 is 1.76 bits per heavy atom. The summed E-state index contributed by atoms with van der Waals surface area (Å²) in [5.74, 6) is 1.34. The van der Waals surface area contributed by atoms with Crippen LogP contribution in [0.5, 0.6) is 5.75 Å². The number of rotatable bonds is 6. The number of ether oxygens (including phenoxy) is 1. The zero-order chi connectivity index (χ0) is 23.5. The molecular weight excluding hydrogens is 428 g/mol. The van der Waals surface area contributed by atoms with Crippen LogP contribution in [0.15, 0.2) is 77.9 Å². The van der Waals surface area contributed by atoms with Crippen molar-refractivity contribution in [1.29, 1.82) is 0 Å². The second-order valence-corrected chi connectivity index (χ2v) is 8.83. The first-order chi connectivity index (χ1) is 16.6. The highest BCUT2D eigenvalue weighted by molar-refractivity contribution is 5.76. The molecule has 0 N–H and O–H groups in total. The van der Waals surface area contributed by atoms with Crippen molar-refractivity contribution in [3.05, 3.63) is 89.0 Å². The third kappa shape index (κ3) is 4.59. The van der Waals surface area contributed by atoms with E-state index in [4.69, 9.17) is 4.74 Å². The number of fused-ring (bicyclic) bond motifs is 1. The molecule has 1 fully saturated rings. The topological polar surface area (TPSA) is 68.8 Å².